The van der Waals surface area contributed by atoms with Crippen molar-refractivity contribution in [1.82, 2.24) is 14.9 Å². The van der Waals surface area contributed by atoms with E-state index in [1.54, 1.807) is 21.7 Å². The molecule has 1 aromatic carbocycles. The number of ether oxygens (including phenoxy) is 1. The number of rotatable bonds is 5. The minimum absolute atomic E-state index is 0.0123. The zero-order valence-electron chi connectivity index (χ0n) is 18.9. The monoisotopic (exact) mass is 479 g/mol. The molecule has 2 atom stereocenters. The van der Waals surface area contributed by atoms with Crippen molar-refractivity contribution >= 4 is 34.7 Å². The van der Waals surface area contributed by atoms with Crippen LogP contribution in [0.3, 0.4) is 0 Å². The molecule has 0 bridgehead atoms. The maximum Gasteiger partial charge on any atom is 0.313 e. The molecule has 0 aliphatic carbocycles. The van der Waals surface area contributed by atoms with Crippen LogP contribution in [0.2, 0.25) is 0 Å². The maximum absolute atomic E-state index is 13.2. The molecule has 1 aliphatic rings. The summed E-state index contributed by atoms with van der Waals surface area (Å²) in [5.41, 5.74) is 9.37. The molecule has 1 aliphatic heterocycles. The molecular formula is C24H25N5O4S. The molecule has 9 nitrogen and oxygen atoms in total. The Bertz CT molecular complexity index is 1200. The summed E-state index contributed by atoms with van der Waals surface area (Å²) in [7, 11) is 1.36. The summed E-state index contributed by atoms with van der Waals surface area (Å²) in [6, 6.07) is 9.16. The summed E-state index contributed by atoms with van der Waals surface area (Å²) in [6.07, 6.45) is 4.85. The normalized spacial score (nSPS) is 17.8. The van der Waals surface area contributed by atoms with Crippen molar-refractivity contribution in [1.29, 1.82) is 0 Å². The number of likely N-dealkylation sites (tertiary alicyclic amines) is 1. The zero-order chi connectivity index (χ0) is 24.2. The summed E-state index contributed by atoms with van der Waals surface area (Å²) >= 11 is 1.56. The summed E-state index contributed by atoms with van der Waals surface area (Å²) in [5.74, 6) is -1.88. The number of methoxy groups -OCH3 is 1. The molecule has 0 unspecified atom stereocenters. The molecule has 3 amide bonds. The van der Waals surface area contributed by atoms with Gasteiger partial charge in [-0.3, -0.25) is 19.4 Å². The van der Waals surface area contributed by atoms with Gasteiger partial charge < -0.3 is 20.7 Å². The van der Waals surface area contributed by atoms with Crippen LogP contribution in [-0.4, -0.2) is 46.2 Å². The number of anilines is 1. The third kappa shape index (κ3) is 4.91. The number of carbonyl (C=O) groups is 3. The van der Waals surface area contributed by atoms with Gasteiger partial charge in [-0.25, -0.2) is 4.98 Å². The molecule has 0 saturated carbocycles. The minimum Gasteiger partial charge on any atom is -0.480 e. The van der Waals surface area contributed by atoms with Crippen molar-refractivity contribution in [2.24, 2.45) is 11.7 Å². The number of amides is 3. The predicted octanol–water partition coefficient (Wildman–Crippen LogP) is 3.25. The average molecular weight is 480 g/mol. The summed E-state index contributed by atoms with van der Waals surface area (Å²) in [5, 5.41) is 2.54. The molecule has 1 fully saturated rings. The topological polar surface area (TPSA) is 128 Å². The van der Waals surface area contributed by atoms with Crippen LogP contribution in [0.4, 0.5) is 5.69 Å². The molecule has 3 aromatic rings. The van der Waals surface area contributed by atoms with Gasteiger partial charge in [0.2, 0.25) is 5.88 Å². The average Bonchev–Trinajstić information content (AvgIpc) is 3.38. The van der Waals surface area contributed by atoms with Crippen molar-refractivity contribution in [2.75, 3.05) is 19.0 Å². The first-order valence-corrected chi connectivity index (χ1v) is 11.7. The van der Waals surface area contributed by atoms with Crippen LogP contribution in [0, 0.1) is 5.92 Å². The van der Waals surface area contributed by atoms with E-state index in [-0.39, 0.29) is 29.1 Å². The number of carbonyl (C=O) groups excluding carboxylic acids is 3. The fraction of sp³-hybridized carbons (Fsp3) is 0.292. The third-order valence-corrected chi connectivity index (χ3v) is 6.67. The van der Waals surface area contributed by atoms with E-state index in [9.17, 15) is 14.4 Å². The van der Waals surface area contributed by atoms with Gasteiger partial charge >= 0.3 is 11.8 Å². The van der Waals surface area contributed by atoms with Gasteiger partial charge in [0, 0.05) is 12.7 Å². The molecule has 0 spiro atoms. The summed E-state index contributed by atoms with van der Waals surface area (Å²) < 4.78 is 5.01. The van der Waals surface area contributed by atoms with Gasteiger partial charge in [0.15, 0.2) is 0 Å². The van der Waals surface area contributed by atoms with Gasteiger partial charge in [0.1, 0.15) is 5.56 Å². The van der Waals surface area contributed by atoms with Gasteiger partial charge in [-0.15, -0.1) is 11.3 Å². The van der Waals surface area contributed by atoms with Crippen LogP contribution >= 0.6 is 11.3 Å². The van der Waals surface area contributed by atoms with E-state index in [1.165, 1.54) is 19.4 Å². The van der Waals surface area contributed by atoms with Crippen molar-refractivity contribution in [3.05, 3.63) is 59.4 Å². The molecule has 2 aromatic heterocycles. The van der Waals surface area contributed by atoms with E-state index in [2.05, 4.69) is 22.2 Å². The highest BCUT2D eigenvalue weighted by Crippen LogP contribution is 2.35. The number of aromatic nitrogens is 2. The third-order valence-electron chi connectivity index (χ3n) is 5.85. The fourth-order valence-corrected chi connectivity index (χ4v) is 4.76. The van der Waals surface area contributed by atoms with Gasteiger partial charge in [-0.2, -0.15) is 0 Å². The number of piperidine rings is 1. The Kier molecular flexibility index (Phi) is 6.87. The number of nitrogens with zero attached hydrogens (tertiary/aromatic N) is 3. The van der Waals surface area contributed by atoms with Gasteiger partial charge in [0.25, 0.3) is 5.91 Å². The number of nitrogens with two attached hydrogens (primary N) is 1. The number of hydrogen-bond acceptors (Lipinski definition) is 7. The van der Waals surface area contributed by atoms with E-state index >= 15 is 0 Å². The Balaban J connectivity index is 1.53. The molecule has 34 heavy (non-hydrogen) atoms. The van der Waals surface area contributed by atoms with Gasteiger partial charge in [-0.1, -0.05) is 31.2 Å². The lowest BCUT2D eigenvalue weighted by molar-refractivity contribution is -0.146. The van der Waals surface area contributed by atoms with Crippen LogP contribution in [0.5, 0.6) is 5.88 Å². The zero-order valence-corrected chi connectivity index (χ0v) is 19.7. The van der Waals surface area contributed by atoms with Crippen molar-refractivity contribution in [3.8, 4) is 16.3 Å². The standard InChI is InChI=1S/C24H25N5O4S/c1-14-3-8-19(15-4-6-16(7-5-15)20-11-26-13-34-20)29(12-14)24(32)22(31)28-17-9-18(21(25)30)23(33-2)27-10-17/h4-7,9-11,13-14,19H,3,8,12H2,1-2H3,(H2,25,30)(H,28,31)/t14-,19+/m0/s1. The summed E-state index contributed by atoms with van der Waals surface area (Å²) in [6.45, 7) is 2.54. The predicted molar refractivity (Wildman–Crippen MR) is 128 cm³/mol. The smallest absolute Gasteiger partial charge is 0.313 e. The largest absolute Gasteiger partial charge is 0.480 e. The molecule has 10 heteroatoms. The second kappa shape index (κ2) is 10.0. The van der Waals surface area contributed by atoms with E-state index in [0.29, 0.717) is 6.54 Å². The minimum atomic E-state index is -0.803. The second-order valence-corrected chi connectivity index (χ2v) is 9.13. The van der Waals surface area contributed by atoms with E-state index in [0.717, 1.165) is 28.8 Å². The van der Waals surface area contributed by atoms with Crippen molar-refractivity contribution in [3.63, 3.8) is 0 Å². The highest BCUT2D eigenvalue weighted by molar-refractivity contribution is 7.13. The number of hydrogen-bond donors (Lipinski definition) is 2. The Morgan fingerprint density at radius 1 is 1.18 bits per heavy atom. The molecule has 0 radical (unpaired) electrons. The first kappa shape index (κ1) is 23.4. The molecule has 176 valence electrons. The van der Waals surface area contributed by atoms with Crippen LogP contribution in [0.15, 0.2) is 48.2 Å². The van der Waals surface area contributed by atoms with Crippen LogP contribution in [-0.2, 0) is 9.59 Å². The number of nitrogens with one attached hydrogen (secondary N) is 1. The first-order valence-electron chi connectivity index (χ1n) is 10.8. The summed E-state index contributed by atoms with van der Waals surface area (Å²) in [4.78, 5) is 48.5. The fourth-order valence-electron chi connectivity index (χ4n) is 4.13. The molecule has 4 rings (SSSR count). The highest BCUT2D eigenvalue weighted by atomic mass is 32.1. The molecular weight excluding hydrogens is 454 g/mol. The highest BCUT2D eigenvalue weighted by Gasteiger charge is 2.34. The number of benzene rings is 1. The molecule has 1 saturated heterocycles. The van der Waals surface area contributed by atoms with Gasteiger partial charge in [0.05, 0.1) is 35.4 Å². The molecule has 3 N–H and O–H groups in total. The van der Waals surface area contributed by atoms with Crippen molar-refractivity contribution in [2.45, 2.75) is 25.8 Å². The number of pyridine rings is 1. The maximum atomic E-state index is 13.2. The number of thiazole rings is 1. The Hall–Kier alpha value is -3.79. The quantitative estimate of drug-likeness (QED) is 0.541. The van der Waals surface area contributed by atoms with E-state index in [1.807, 2.05) is 30.5 Å². The van der Waals surface area contributed by atoms with Crippen LogP contribution in [0.1, 0.15) is 41.7 Å². The first-order chi connectivity index (χ1) is 16.4. The lowest BCUT2D eigenvalue weighted by atomic mass is 9.89. The Morgan fingerprint density at radius 3 is 2.59 bits per heavy atom. The van der Waals surface area contributed by atoms with Crippen LogP contribution in [0.25, 0.3) is 10.4 Å². The Morgan fingerprint density at radius 2 is 1.94 bits per heavy atom. The van der Waals surface area contributed by atoms with Gasteiger partial charge in [-0.05, 0) is 36.0 Å². The SMILES string of the molecule is COc1ncc(NC(=O)C(=O)N2C[C@@H](C)CC[C@@H]2c2ccc(-c3cncs3)cc2)cc1C(N)=O. The van der Waals surface area contributed by atoms with Crippen molar-refractivity contribution < 1.29 is 19.1 Å². The Labute approximate surface area is 201 Å². The lowest BCUT2D eigenvalue weighted by Crippen LogP contribution is -2.46. The number of primary amides is 1. The molecule has 3 heterocycles. The second-order valence-electron chi connectivity index (χ2n) is 8.24. The lowest BCUT2D eigenvalue weighted by Gasteiger charge is -2.38. The van der Waals surface area contributed by atoms with E-state index < -0.39 is 17.7 Å². The van der Waals surface area contributed by atoms with Crippen LogP contribution < -0.4 is 15.8 Å². The van der Waals surface area contributed by atoms with E-state index in [4.69, 9.17) is 10.5 Å².